The highest BCUT2D eigenvalue weighted by Gasteiger charge is 2.21. The van der Waals surface area contributed by atoms with Crippen molar-refractivity contribution in [2.24, 2.45) is 0 Å². The van der Waals surface area contributed by atoms with Crippen molar-refractivity contribution in [2.75, 3.05) is 11.4 Å². The summed E-state index contributed by atoms with van der Waals surface area (Å²) in [5, 5.41) is 3.54. The molecule has 1 aliphatic carbocycles. The van der Waals surface area contributed by atoms with Crippen molar-refractivity contribution < 1.29 is 0 Å². The predicted molar refractivity (Wildman–Crippen MR) is 88.6 cm³/mol. The molecule has 1 heterocycles. The van der Waals surface area contributed by atoms with Gasteiger partial charge in [-0.3, -0.25) is 0 Å². The first kappa shape index (κ1) is 16.2. The number of hydrogen-bond acceptors (Lipinski definition) is 4. The van der Waals surface area contributed by atoms with Crippen LogP contribution in [-0.2, 0) is 6.54 Å². The lowest BCUT2D eigenvalue weighted by Gasteiger charge is -2.29. The molecule has 0 saturated heterocycles. The fraction of sp³-hybridized carbons (Fsp3) is 0.765. The minimum atomic E-state index is 0.492. The third-order valence-electron chi connectivity index (χ3n) is 4.36. The Morgan fingerprint density at radius 3 is 2.71 bits per heavy atom. The average Bonchev–Trinajstić information content (AvgIpc) is 3.30. The van der Waals surface area contributed by atoms with E-state index in [9.17, 15) is 0 Å². The van der Waals surface area contributed by atoms with Crippen LogP contribution in [0, 0.1) is 6.92 Å². The first-order chi connectivity index (χ1) is 10.2. The first-order valence-electron chi connectivity index (χ1n) is 8.48. The van der Waals surface area contributed by atoms with Crippen molar-refractivity contribution in [3.8, 4) is 0 Å². The summed E-state index contributed by atoms with van der Waals surface area (Å²) < 4.78 is 0. The second-order valence-electron chi connectivity index (χ2n) is 6.24. The van der Waals surface area contributed by atoms with Crippen molar-refractivity contribution in [1.82, 2.24) is 15.3 Å². The van der Waals surface area contributed by atoms with Crippen LogP contribution in [0.4, 0.5) is 5.95 Å². The molecule has 118 valence electrons. The zero-order chi connectivity index (χ0) is 15.2. The maximum atomic E-state index is 4.77. The number of nitrogens with zero attached hydrogens (tertiary/aromatic N) is 3. The Kier molecular flexibility index (Phi) is 5.97. The molecule has 0 aromatic carbocycles. The smallest absolute Gasteiger partial charge is 0.225 e. The van der Waals surface area contributed by atoms with Crippen molar-refractivity contribution >= 4 is 5.95 Å². The molecule has 1 saturated carbocycles. The molecule has 4 nitrogen and oxygen atoms in total. The molecule has 1 unspecified atom stereocenters. The molecule has 0 aliphatic heterocycles. The van der Waals surface area contributed by atoms with Gasteiger partial charge in [0.05, 0.1) is 0 Å². The zero-order valence-corrected chi connectivity index (χ0v) is 14.0. The van der Waals surface area contributed by atoms with E-state index in [1.165, 1.54) is 31.2 Å². The molecular weight excluding hydrogens is 260 g/mol. The van der Waals surface area contributed by atoms with Crippen LogP contribution < -0.4 is 10.2 Å². The third kappa shape index (κ3) is 4.67. The zero-order valence-electron chi connectivity index (χ0n) is 14.0. The Morgan fingerprint density at radius 2 is 2.14 bits per heavy atom. The monoisotopic (exact) mass is 290 g/mol. The molecule has 4 heteroatoms. The van der Waals surface area contributed by atoms with Gasteiger partial charge >= 0.3 is 0 Å². The Balaban J connectivity index is 2.06. The minimum absolute atomic E-state index is 0.492. The van der Waals surface area contributed by atoms with Gasteiger partial charge in [0.25, 0.3) is 0 Å². The minimum Gasteiger partial charge on any atom is -0.338 e. The van der Waals surface area contributed by atoms with E-state index in [-0.39, 0.29) is 0 Å². The van der Waals surface area contributed by atoms with Gasteiger partial charge in [0.15, 0.2) is 0 Å². The van der Waals surface area contributed by atoms with Gasteiger partial charge in [-0.2, -0.15) is 0 Å². The van der Waals surface area contributed by atoms with Gasteiger partial charge in [0, 0.05) is 42.6 Å². The van der Waals surface area contributed by atoms with Crippen LogP contribution in [0.5, 0.6) is 0 Å². The highest BCUT2D eigenvalue weighted by Crippen LogP contribution is 2.20. The summed E-state index contributed by atoms with van der Waals surface area (Å²) in [6.07, 6.45) is 8.16. The Labute approximate surface area is 129 Å². The third-order valence-corrected chi connectivity index (χ3v) is 4.36. The van der Waals surface area contributed by atoms with Gasteiger partial charge in [-0.1, -0.05) is 20.3 Å². The van der Waals surface area contributed by atoms with E-state index >= 15 is 0 Å². The molecular formula is C17H30N4. The van der Waals surface area contributed by atoms with Gasteiger partial charge in [-0.05, 0) is 39.5 Å². The number of unbranched alkanes of at least 4 members (excludes halogenated alkanes) is 1. The second-order valence-corrected chi connectivity index (χ2v) is 6.24. The van der Waals surface area contributed by atoms with Gasteiger partial charge in [0.1, 0.15) is 0 Å². The number of nitrogens with one attached hydrogen (secondary N) is 1. The first-order valence-corrected chi connectivity index (χ1v) is 8.48. The lowest BCUT2D eigenvalue weighted by molar-refractivity contribution is 0.580. The largest absolute Gasteiger partial charge is 0.338 e. The van der Waals surface area contributed by atoms with Crippen LogP contribution in [0.2, 0.25) is 0 Å². The van der Waals surface area contributed by atoms with Gasteiger partial charge in [0.2, 0.25) is 5.95 Å². The maximum Gasteiger partial charge on any atom is 0.225 e. The molecule has 21 heavy (non-hydrogen) atoms. The van der Waals surface area contributed by atoms with E-state index < -0.39 is 0 Å². The highest BCUT2D eigenvalue weighted by atomic mass is 15.3. The summed E-state index contributed by atoms with van der Waals surface area (Å²) in [5.74, 6) is 0.894. The van der Waals surface area contributed by atoms with Crippen LogP contribution in [0.1, 0.15) is 64.1 Å². The molecule has 1 fully saturated rings. The average molecular weight is 290 g/mol. The van der Waals surface area contributed by atoms with E-state index in [2.05, 4.69) is 42.9 Å². The number of rotatable bonds is 9. The van der Waals surface area contributed by atoms with Gasteiger partial charge in [-0.25, -0.2) is 9.97 Å². The molecule has 1 aliphatic rings. The van der Waals surface area contributed by atoms with Crippen molar-refractivity contribution in [1.29, 1.82) is 0 Å². The molecule has 0 spiro atoms. The standard InChI is InChI=1S/C17H30N4/c1-5-7-10-21(13(3)6-2)17-19-12-15(14(4)20-17)11-18-16-8-9-16/h12-13,16,18H,5-11H2,1-4H3. The van der Waals surface area contributed by atoms with Crippen molar-refractivity contribution in [3.05, 3.63) is 17.5 Å². The SMILES string of the molecule is CCCCN(c1ncc(CNC2CC2)c(C)n1)C(C)CC. The lowest BCUT2D eigenvalue weighted by Crippen LogP contribution is -2.35. The maximum absolute atomic E-state index is 4.77. The summed E-state index contributed by atoms with van der Waals surface area (Å²) in [7, 11) is 0. The summed E-state index contributed by atoms with van der Waals surface area (Å²) >= 11 is 0. The van der Waals surface area contributed by atoms with E-state index in [0.717, 1.165) is 37.2 Å². The van der Waals surface area contributed by atoms with E-state index in [0.29, 0.717) is 6.04 Å². The van der Waals surface area contributed by atoms with Gasteiger partial charge in [-0.15, -0.1) is 0 Å². The fourth-order valence-corrected chi connectivity index (χ4v) is 2.40. The van der Waals surface area contributed by atoms with E-state index in [4.69, 9.17) is 4.98 Å². The number of anilines is 1. The van der Waals surface area contributed by atoms with E-state index in [1.54, 1.807) is 0 Å². The molecule has 0 bridgehead atoms. The molecule has 0 amide bonds. The number of aromatic nitrogens is 2. The normalized spacial score (nSPS) is 16.0. The van der Waals surface area contributed by atoms with Crippen LogP contribution in [0.25, 0.3) is 0 Å². The van der Waals surface area contributed by atoms with Crippen LogP contribution in [0.15, 0.2) is 6.20 Å². The Morgan fingerprint density at radius 1 is 1.38 bits per heavy atom. The van der Waals surface area contributed by atoms with Crippen LogP contribution >= 0.6 is 0 Å². The summed E-state index contributed by atoms with van der Waals surface area (Å²) in [6.45, 7) is 10.8. The topological polar surface area (TPSA) is 41.1 Å². The summed E-state index contributed by atoms with van der Waals surface area (Å²) in [5.41, 5.74) is 2.34. The van der Waals surface area contributed by atoms with Crippen LogP contribution in [-0.4, -0.2) is 28.6 Å². The lowest BCUT2D eigenvalue weighted by atomic mass is 10.2. The van der Waals surface area contributed by atoms with Crippen LogP contribution in [0.3, 0.4) is 0 Å². The molecule has 1 aromatic heterocycles. The fourth-order valence-electron chi connectivity index (χ4n) is 2.40. The summed E-state index contributed by atoms with van der Waals surface area (Å²) in [6, 6.07) is 1.22. The molecule has 1 aromatic rings. The summed E-state index contributed by atoms with van der Waals surface area (Å²) in [4.78, 5) is 11.8. The number of hydrogen-bond donors (Lipinski definition) is 1. The molecule has 1 atom stereocenters. The quantitative estimate of drug-likeness (QED) is 0.756. The molecule has 2 rings (SSSR count). The highest BCUT2D eigenvalue weighted by molar-refractivity contribution is 5.34. The Hall–Kier alpha value is -1.16. The van der Waals surface area contributed by atoms with Gasteiger partial charge < -0.3 is 10.2 Å². The second kappa shape index (κ2) is 7.74. The van der Waals surface area contributed by atoms with E-state index in [1.807, 2.05) is 6.20 Å². The molecule has 0 radical (unpaired) electrons. The predicted octanol–water partition coefficient (Wildman–Crippen LogP) is 3.44. The van der Waals surface area contributed by atoms with Crippen molar-refractivity contribution in [2.45, 2.75) is 78.4 Å². The molecule has 1 N–H and O–H groups in total. The number of aryl methyl sites for hydroxylation is 1. The Bertz CT molecular complexity index is 442. The van der Waals surface area contributed by atoms with Crippen molar-refractivity contribution in [3.63, 3.8) is 0 Å².